The van der Waals surface area contributed by atoms with E-state index in [0.717, 1.165) is 30.0 Å². The molecular formula is C15H15N3O. The highest BCUT2D eigenvalue weighted by Crippen LogP contribution is 2.26. The van der Waals surface area contributed by atoms with Crippen molar-refractivity contribution in [1.82, 2.24) is 9.47 Å². The van der Waals surface area contributed by atoms with Crippen LogP contribution in [-0.4, -0.2) is 34.4 Å². The summed E-state index contributed by atoms with van der Waals surface area (Å²) in [5.74, 6) is 0.706. The fraction of sp³-hybridized carbons (Fsp3) is 0.333. The molecule has 1 aromatic heterocycles. The van der Waals surface area contributed by atoms with Crippen molar-refractivity contribution in [2.24, 2.45) is 4.99 Å². The third kappa shape index (κ3) is 1.52. The first kappa shape index (κ1) is 10.8. The zero-order chi connectivity index (χ0) is 12.8. The Kier molecular flexibility index (Phi) is 2.24. The van der Waals surface area contributed by atoms with Crippen LogP contribution >= 0.6 is 0 Å². The summed E-state index contributed by atoms with van der Waals surface area (Å²) in [6, 6.07) is 10.0. The van der Waals surface area contributed by atoms with Gasteiger partial charge in [-0.2, -0.15) is 4.99 Å². The number of aliphatic imine (C=N–C) groups is 1. The molecule has 2 aliphatic rings. The first-order valence-electron chi connectivity index (χ1n) is 6.83. The molecule has 4 heteroatoms. The van der Waals surface area contributed by atoms with Crippen molar-refractivity contribution in [3.63, 3.8) is 0 Å². The topological polar surface area (TPSA) is 37.6 Å². The van der Waals surface area contributed by atoms with Gasteiger partial charge in [-0.3, -0.25) is 9.36 Å². The fourth-order valence-electron chi connectivity index (χ4n) is 3.03. The average Bonchev–Trinajstić information content (AvgIpc) is 2.98. The number of piperidine rings is 1. The summed E-state index contributed by atoms with van der Waals surface area (Å²) in [6.45, 7) is 2.00. The molecule has 2 aliphatic heterocycles. The maximum atomic E-state index is 12.1. The quantitative estimate of drug-likeness (QED) is 0.723. The molecule has 0 aliphatic carbocycles. The highest BCUT2D eigenvalue weighted by Gasteiger charge is 2.29. The number of para-hydroxylation sites is 1. The van der Waals surface area contributed by atoms with E-state index < -0.39 is 0 Å². The van der Waals surface area contributed by atoms with E-state index >= 15 is 0 Å². The Hall–Kier alpha value is -2.10. The minimum Gasteiger partial charge on any atom is -0.342 e. The molecule has 1 aromatic carbocycles. The molecule has 1 fully saturated rings. The van der Waals surface area contributed by atoms with Crippen LogP contribution in [0.5, 0.6) is 0 Å². The Morgan fingerprint density at radius 2 is 1.84 bits per heavy atom. The van der Waals surface area contributed by atoms with E-state index in [1.54, 1.807) is 0 Å². The van der Waals surface area contributed by atoms with Gasteiger partial charge in [0.15, 0.2) is 0 Å². The van der Waals surface area contributed by atoms with E-state index in [1.165, 1.54) is 19.3 Å². The molecule has 19 heavy (non-hydrogen) atoms. The molecule has 1 saturated heterocycles. The Balaban J connectivity index is 1.88. The van der Waals surface area contributed by atoms with Gasteiger partial charge >= 0.3 is 0 Å². The first-order chi connectivity index (χ1) is 9.34. The number of rotatable bonds is 0. The maximum absolute atomic E-state index is 12.1. The minimum atomic E-state index is -0.114. The van der Waals surface area contributed by atoms with Crippen LogP contribution in [0.1, 0.15) is 29.8 Å². The molecule has 4 nitrogen and oxygen atoms in total. The molecule has 0 radical (unpaired) electrons. The lowest BCUT2D eigenvalue weighted by molar-refractivity contribution is 0.100. The zero-order valence-electron chi connectivity index (χ0n) is 10.7. The van der Waals surface area contributed by atoms with E-state index in [1.807, 2.05) is 28.8 Å². The van der Waals surface area contributed by atoms with Crippen molar-refractivity contribution in [3.05, 3.63) is 36.0 Å². The summed E-state index contributed by atoms with van der Waals surface area (Å²) in [5, 5.41) is 1.11. The Morgan fingerprint density at radius 1 is 1.05 bits per heavy atom. The van der Waals surface area contributed by atoms with Gasteiger partial charge < -0.3 is 4.90 Å². The second kappa shape index (κ2) is 3.95. The molecule has 96 valence electrons. The van der Waals surface area contributed by atoms with Crippen LogP contribution in [0.3, 0.4) is 0 Å². The van der Waals surface area contributed by atoms with Crippen LogP contribution in [-0.2, 0) is 0 Å². The minimum absolute atomic E-state index is 0.114. The Labute approximate surface area is 111 Å². The van der Waals surface area contributed by atoms with Crippen molar-refractivity contribution < 1.29 is 4.79 Å². The van der Waals surface area contributed by atoms with Crippen LogP contribution in [0.15, 0.2) is 35.3 Å². The number of carbonyl (C=O) groups is 1. The van der Waals surface area contributed by atoms with Gasteiger partial charge in [-0.1, -0.05) is 18.2 Å². The second-order valence-corrected chi connectivity index (χ2v) is 5.19. The number of fused-ring (bicyclic) bond motifs is 3. The van der Waals surface area contributed by atoms with Gasteiger partial charge in [0, 0.05) is 18.5 Å². The molecule has 0 atom stereocenters. The highest BCUT2D eigenvalue weighted by atomic mass is 16.2. The lowest BCUT2D eigenvalue weighted by Gasteiger charge is -2.28. The smallest absolute Gasteiger partial charge is 0.297 e. The van der Waals surface area contributed by atoms with Gasteiger partial charge in [-0.25, -0.2) is 0 Å². The zero-order valence-corrected chi connectivity index (χ0v) is 10.7. The summed E-state index contributed by atoms with van der Waals surface area (Å²) in [7, 11) is 0. The van der Waals surface area contributed by atoms with Crippen molar-refractivity contribution in [1.29, 1.82) is 0 Å². The first-order valence-corrected chi connectivity index (χ1v) is 6.83. The van der Waals surface area contributed by atoms with Gasteiger partial charge in [0.25, 0.3) is 5.91 Å². The summed E-state index contributed by atoms with van der Waals surface area (Å²) < 4.78 is 2.02. The lowest BCUT2D eigenvalue weighted by atomic mass is 10.1. The number of likely N-dealkylation sites (tertiary alicyclic amines) is 1. The number of nitrogens with zero attached hydrogens (tertiary/aromatic N) is 3. The third-order valence-electron chi connectivity index (χ3n) is 3.97. The molecule has 0 spiro atoms. The number of hydrogen-bond donors (Lipinski definition) is 0. The number of amides is 1. The number of aromatic nitrogens is 1. The van der Waals surface area contributed by atoms with Crippen LogP contribution in [0.2, 0.25) is 0 Å². The van der Waals surface area contributed by atoms with E-state index in [9.17, 15) is 4.79 Å². The molecular weight excluding hydrogens is 238 g/mol. The fourth-order valence-corrected chi connectivity index (χ4v) is 3.03. The van der Waals surface area contributed by atoms with Gasteiger partial charge in [0.05, 0.1) is 5.52 Å². The second-order valence-electron chi connectivity index (χ2n) is 5.19. The van der Waals surface area contributed by atoms with E-state index in [0.29, 0.717) is 5.69 Å². The van der Waals surface area contributed by atoms with Gasteiger partial charge in [0.1, 0.15) is 5.69 Å². The van der Waals surface area contributed by atoms with Crippen molar-refractivity contribution in [2.75, 3.05) is 13.1 Å². The van der Waals surface area contributed by atoms with Crippen LogP contribution in [0.4, 0.5) is 0 Å². The molecule has 3 heterocycles. The predicted octanol–water partition coefficient (Wildman–Crippen LogP) is 2.49. The van der Waals surface area contributed by atoms with Crippen LogP contribution in [0, 0.1) is 0 Å². The van der Waals surface area contributed by atoms with E-state index in [2.05, 4.69) is 16.0 Å². The Bertz CT molecular complexity index is 692. The number of hydrogen-bond acceptors (Lipinski definition) is 2. The lowest BCUT2D eigenvalue weighted by Crippen LogP contribution is -2.38. The van der Waals surface area contributed by atoms with E-state index in [-0.39, 0.29) is 5.91 Å². The van der Waals surface area contributed by atoms with Gasteiger partial charge in [0.2, 0.25) is 5.96 Å². The molecule has 0 unspecified atom stereocenters. The third-order valence-corrected chi connectivity index (χ3v) is 3.97. The van der Waals surface area contributed by atoms with Crippen molar-refractivity contribution >= 4 is 22.8 Å². The number of carbonyl (C=O) groups excluding carboxylic acids is 1. The average molecular weight is 253 g/mol. The molecule has 4 rings (SSSR count). The standard InChI is InChI=1S/C15H15N3O/c19-14-13-10-11-6-2-3-7-12(11)18(13)15(16-14)17-8-4-1-5-9-17/h2-3,6-7,10H,1,4-5,8-9H2. The van der Waals surface area contributed by atoms with E-state index in [4.69, 9.17) is 0 Å². The summed E-state index contributed by atoms with van der Waals surface area (Å²) in [5.41, 5.74) is 1.77. The molecule has 1 amide bonds. The molecule has 0 N–H and O–H groups in total. The van der Waals surface area contributed by atoms with Crippen molar-refractivity contribution in [2.45, 2.75) is 19.3 Å². The van der Waals surface area contributed by atoms with Crippen LogP contribution in [0.25, 0.3) is 10.9 Å². The monoisotopic (exact) mass is 253 g/mol. The molecule has 2 aromatic rings. The van der Waals surface area contributed by atoms with Crippen LogP contribution < -0.4 is 0 Å². The van der Waals surface area contributed by atoms with Gasteiger partial charge in [-0.15, -0.1) is 0 Å². The maximum Gasteiger partial charge on any atom is 0.297 e. The molecule has 0 saturated carbocycles. The SMILES string of the molecule is O=C1N=C(N2CCCCC2)n2c1cc1ccccc12. The summed E-state index contributed by atoms with van der Waals surface area (Å²) in [4.78, 5) is 18.6. The Morgan fingerprint density at radius 3 is 2.68 bits per heavy atom. The molecule has 0 bridgehead atoms. The normalized spacial score (nSPS) is 18.8. The van der Waals surface area contributed by atoms with Crippen molar-refractivity contribution in [3.8, 4) is 0 Å². The largest absolute Gasteiger partial charge is 0.342 e. The number of benzene rings is 1. The predicted molar refractivity (Wildman–Crippen MR) is 74.5 cm³/mol. The summed E-state index contributed by atoms with van der Waals surface area (Å²) in [6.07, 6.45) is 3.64. The van der Waals surface area contributed by atoms with Gasteiger partial charge in [-0.05, 0) is 31.4 Å². The highest BCUT2D eigenvalue weighted by molar-refractivity contribution is 6.15. The summed E-state index contributed by atoms with van der Waals surface area (Å²) >= 11 is 0.